The molecule has 0 radical (unpaired) electrons. The quantitative estimate of drug-likeness (QED) is 0.922. The summed E-state index contributed by atoms with van der Waals surface area (Å²) in [6.45, 7) is 4.07. The van der Waals surface area contributed by atoms with E-state index in [1.165, 1.54) is 0 Å². The van der Waals surface area contributed by atoms with Gasteiger partial charge in [0.2, 0.25) is 0 Å². The third-order valence-electron chi connectivity index (χ3n) is 3.79. The summed E-state index contributed by atoms with van der Waals surface area (Å²) in [4.78, 5) is 19.1. The molecule has 6 heteroatoms. The van der Waals surface area contributed by atoms with E-state index in [9.17, 15) is 4.79 Å². The monoisotopic (exact) mass is 319 g/mol. The number of hydrogen-bond acceptors (Lipinski definition) is 4. The van der Waals surface area contributed by atoms with Gasteiger partial charge in [-0.25, -0.2) is 4.98 Å². The largest absolute Gasteiger partial charge is 0.378 e. The summed E-state index contributed by atoms with van der Waals surface area (Å²) in [5.74, 6) is -0.121. The molecule has 0 aliphatic carbocycles. The molecule has 5 nitrogen and oxygen atoms in total. The number of aromatic nitrogens is 1. The Morgan fingerprint density at radius 3 is 2.82 bits per heavy atom. The molecule has 2 aromatic rings. The number of benzene rings is 1. The average Bonchev–Trinajstić information content (AvgIpc) is 2.54. The molecular weight excluding hydrogens is 302 g/mol. The minimum Gasteiger partial charge on any atom is -0.378 e. The molecule has 1 aliphatic heterocycles. The topological polar surface area (TPSA) is 68.5 Å². The van der Waals surface area contributed by atoms with Crippen molar-refractivity contribution in [1.82, 2.24) is 9.88 Å². The first kappa shape index (κ1) is 15.2. The number of amides is 1. The van der Waals surface area contributed by atoms with E-state index < -0.39 is 0 Å². The average molecular weight is 320 g/mol. The molecular formula is C16H18ClN3O2. The first-order chi connectivity index (χ1) is 10.6. The highest BCUT2D eigenvalue weighted by Gasteiger charge is 2.24. The fourth-order valence-corrected chi connectivity index (χ4v) is 2.86. The second-order valence-electron chi connectivity index (χ2n) is 5.43. The Morgan fingerprint density at radius 1 is 1.41 bits per heavy atom. The lowest BCUT2D eigenvalue weighted by Gasteiger charge is -2.27. The number of fused-ring (bicyclic) bond motifs is 1. The zero-order valence-electron chi connectivity index (χ0n) is 12.4. The zero-order chi connectivity index (χ0) is 15.7. The standard InChI is InChI=1S/C16H18ClN3O2/c1-10(18)13-9-11-3-2-4-12(17)14(11)15(19-13)16(21)20-5-7-22-8-6-20/h2-4,9-10H,5-8,18H2,1H3. The lowest BCUT2D eigenvalue weighted by atomic mass is 10.1. The Bertz CT molecular complexity index is 712. The molecule has 116 valence electrons. The fourth-order valence-electron chi connectivity index (χ4n) is 2.59. The predicted molar refractivity (Wildman–Crippen MR) is 86.1 cm³/mol. The van der Waals surface area contributed by atoms with Gasteiger partial charge in [0.25, 0.3) is 5.91 Å². The fraction of sp³-hybridized carbons (Fsp3) is 0.375. The maximum absolute atomic E-state index is 12.8. The highest BCUT2D eigenvalue weighted by Crippen LogP contribution is 2.28. The highest BCUT2D eigenvalue weighted by molar-refractivity contribution is 6.36. The van der Waals surface area contributed by atoms with Crippen LogP contribution in [-0.4, -0.2) is 42.1 Å². The van der Waals surface area contributed by atoms with Gasteiger partial charge in [0.1, 0.15) is 5.69 Å². The minimum absolute atomic E-state index is 0.121. The summed E-state index contributed by atoms with van der Waals surface area (Å²) in [5.41, 5.74) is 7.01. The molecule has 0 spiro atoms. The van der Waals surface area contributed by atoms with Crippen LogP contribution in [0, 0.1) is 0 Å². The molecule has 0 bridgehead atoms. The van der Waals surface area contributed by atoms with Crippen molar-refractivity contribution in [3.05, 3.63) is 40.7 Å². The summed E-state index contributed by atoms with van der Waals surface area (Å²) in [7, 11) is 0. The molecule has 1 aromatic carbocycles. The van der Waals surface area contributed by atoms with Gasteiger partial charge in [-0.15, -0.1) is 0 Å². The van der Waals surface area contributed by atoms with Crippen LogP contribution >= 0.6 is 11.6 Å². The number of nitrogens with zero attached hydrogens (tertiary/aromatic N) is 2. The second kappa shape index (κ2) is 6.20. The van der Waals surface area contributed by atoms with Crippen LogP contribution in [0.3, 0.4) is 0 Å². The molecule has 22 heavy (non-hydrogen) atoms. The van der Waals surface area contributed by atoms with Gasteiger partial charge in [0.15, 0.2) is 0 Å². The Morgan fingerprint density at radius 2 is 2.14 bits per heavy atom. The highest BCUT2D eigenvalue weighted by atomic mass is 35.5. The van der Waals surface area contributed by atoms with Crippen LogP contribution in [0.25, 0.3) is 10.8 Å². The van der Waals surface area contributed by atoms with E-state index >= 15 is 0 Å². The summed E-state index contributed by atoms with van der Waals surface area (Å²) >= 11 is 6.31. The molecule has 1 saturated heterocycles. The van der Waals surface area contributed by atoms with E-state index in [4.69, 9.17) is 22.1 Å². The van der Waals surface area contributed by atoms with Crippen LogP contribution in [0.5, 0.6) is 0 Å². The number of nitrogens with two attached hydrogens (primary N) is 1. The van der Waals surface area contributed by atoms with Crippen molar-refractivity contribution in [2.75, 3.05) is 26.3 Å². The van der Waals surface area contributed by atoms with Gasteiger partial charge in [-0.1, -0.05) is 23.7 Å². The number of rotatable bonds is 2. The van der Waals surface area contributed by atoms with Crippen LogP contribution in [0.4, 0.5) is 0 Å². The summed E-state index contributed by atoms with van der Waals surface area (Å²) in [6, 6.07) is 7.19. The van der Waals surface area contributed by atoms with Gasteiger partial charge in [0, 0.05) is 24.5 Å². The molecule has 1 amide bonds. The normalized spacial score (nSPS) is 16.8. The van der Waals surface area contributed by atoms with Crippen molar-refractivity contribution in [2.45, 2.75) is 13.0 Å². The number of hydrogen-bond donors (Lipinski definition) is 1. The van der Waals surface area contributed by atoms with Crippen molar-refractivity contribution in [2.24, 2.45) is 5.73 Å². The molecule has 1 aliphatic rings. The van der Waals surface area contributed by atoms with Crippen LogP contribution < -0.4 is 5.73 Å². The summed E-state index contributed by atoms with van der Waals surface area (Å²) in [5, 5.41) is 2.09. The van der Waals surface area contributed by atoms with Crippen LogP contribution in [0.2, 0.25) is 5.02 Å². The van der Waals surface area contributed by atoms with Gasteiger partial charge in [0.05, 0.1) is 23.9 Å². The third-order valence-corrected chi connectivity index (χ3v) is 4.11. The van der Waals surface area contributed by atoms with Gasteiger partial charge in [-0.05, 0) is 24.4 Å². The number of morpholine rings is 1. The van der Waals surface area contributed by atoms with E-state index in [1.807, 2.05) is 25.1 Å². The number of carbonyl (C=O) groups excluding carboxylic acids is 1. The number of ether oxygens (including phenoxy) is 1. The maximum atomic E-state index is 12.8. The van der Waals surface area contributed by atoms with Crippen LogP contribution in [0.15, 0.2) is 24.3 Å². The third kappa shape index (κ3) is 2.79. The molecule has 2 N–H and O–H groups in total. The van der Waals surface area contributed by atoms with E-state index in [1.54, 1.807) is 11.0 Å². The van der Waals surface area contributed by atoms with Crippen LogP contribution in [0.1, 0.15) is 29.1 Å². The van der Waals surface area contributed by atoms with Crippen molar-refractivity contribution in [1.29, 1.82) is 0 Å². The first-order valence-corrected chi connectivity index (χ1v) is 7.67. The molecule has 1 atom stereocenters. The Kier molecular flexibility index (Phi) is 4.29. The van der Waals surface area contributed by atoms with Crippen molar-refractivity contribution in [3.63, 3.8) is 0 Å². The number of carbonyl (C=O) groups is 1. The Balaban J connectivity index is 2.15. The number of halogens is 1. The van der Waals surface area contributed by atoms with E-state index in [2.05, 4.69) is 4.98 Å². The minimum atomic E-state index is -0.250. The van der Waals surface area contributed by atoms with E-state index in [0.29, 0.717) is 48.1 Å². The molecule has 2 heterocycles. The molecule has 0 saturated carbocycles. The van der Waals surface area contributed by atoms with E-state index in [-0.39, 0.29) is 11.9 Å². The predicted octanol–water partition coefficient (Wildman–Crippen LogP) is 2.38. The van der Waals surface area contributed by atoms with Gasteiger partial charge in [-0.2, -0.15) is 0 Å². The molecule has 3 rings (SSSR count). The number of pyridine rings is 1. The molecule has 1 fully saturated rings. The first-order valence-electron chi connectivity index (χ1n) is 7.29. The van der Waals surface area contributed by atoms with Gasteiger partial charge < -0.3 is 15.4 Å². The van der Waals surface area contributed by atoms with Crippen LogP contribution in [-0.2, 0) is 4.74 Å². The Hall–Kier alpha value is -1.69. The lowest BCUT2D eigenvalue weighted by Crippen LogP contribution is -2.41. The van der Waals surface area contributed by atoms with Gasteiger partial charge >= 0.3 is 0 Å². The lowest BCUT2D eigenvalue weighted by molar-refractivity contribution is 0.0300. The zero-order valence-corrected chi connectivity index (χ0v) is 13.1. The molecule has 1 unspecified atom stereocenters. The van der Waals surface area contributed by atoms with Crippen molar-refractivity contribution >= 4 is 28.3 Å². The summed E-state index contributed by atoms with van der Waals surface area (Å²) in [6.07, 6.45) is 0. The van der Waals surface area contributed by atoms with Crippen molar-refractivity contribution < 1.29 is 9.53 Å². The smallest absolute Gasteiger partial charge is 0.273 e. The van der Waals surface area contributed by atoms with Crippen molar-refractivity contribution in [3.8, 4) is 0 Å². The molecule has 1 aromatic heterocycles. The Labute approximate surface area is 134 Å². The SMILES string of the molecule is CC(N)c1cc2cccc(Cl)c2c(C(=O)N2CCOCC2)n1. The maximum Gasteiger partial charge on any atom is 0.273 e. The second-order valence-corrected chi connectivity index (χ2v) is 5.83. The summed E-state index contributed by atoms with van der Waals surface area (Å²) < 4.78 is 5.30. The van der Waals surface area contributed by atoms with E-state index in [0.717, 1.165) is 5.39 Å². The van der Waals surface area contributed by atoms with Gasteiger partial charge in [-0.3, -0.25) is 4.79 Å².